The zero-order valence-corrected chi connectivity index (χ0v) is 23.6. The van der Waals surface area contributed by atoms with Crippen LogP contribution in [0.1, 0.15) is 36.1 Å². The number of nitrogens with zero attached hydrogens (tertiary/aromatic N) is 3. The fraction of sp³-hybridized carbons (Fsp3) is 0.344. The molecule has 1 heterocycles. The smallest absolute Gasteiger partial charge is 0.433 e. The molecule has 210 valence electrons. The molecular weight excluding hydrogens is 526 g/mol. The molecule has 0 aromatic heterocycles. The van der Waals surface area contributed by atoms with Crippen molar-refractivity contribution in [1.29, 1.82) is 0 Å². The van der Waals surface area contributed by atoms with E-state index in [0.29, 0.717) is 18.1 Å². The van der Waals surface area contributed by atoms with E-state index in [1.54, 1.807) is 6.92 Å². The normalized spacial score (nSPS) is 14.6. The fourth-order valence-electron chi connectivity index (χ4n) is 4.68. The molecule has 0 aliphatic carbocycles. The van der Waals surface area contributed by atoms with E-state index in [2.05, 4.69) is 64.1 Å². The van der Waals surface area contributed by atoms with Gasteiger partial charge in [0.2, 0.25) is 0 Å². The Morgan fingerprint density at radius 3 is 2.33 bits per heavy atom. The lowest BCUT2D eigenvalue weighted by Gasteiger charge is -2.39. The summed E-state index contributed by atoms with van der Waals surface area (Å²) in [5, 5.41) is 10.9. The van der Waals surface area contributed by atoms with E-state index in [-0.39, 0.29) is 19.2 Å². The standard InChI is InChI=1S/C32H36ClN3O4/c1-2-39-32(37)36(38)19-7-6-8-26-11-17-30(18-12-26)40-25-24-34-20-22-35(23-21-34)31(27-9-4-3-5-10-27)28-13-15-29(33)16-14-28/h3-5,9-18,31,38H,2,7,19-25H2,1H3. The van der Waals surface area contributed by atoms with E-state index < -0.39 is 6.09 Å². The first-order chi connectivity index (χ1) is 19.5. The number of rotatable bonds is 10. The number of halogens is 1. The van der Waals surface area contributed by atoms with Gasteiger partial charge in [-0.1, -0.05) is 65.9 Å². The minimum absolute atomic E-state index is 0.0926. The highest BCUT2D eigenvalue weighted by atomic mass is 35.5. The number of benzene rings is 3. The SMILES string of the molecule is CCOC(=O)N(O)CCC#Cc1ccc(OCCN2CCN(C(c3ccccc3)c3ccc(Cl)cc3)CC2)cc1. The number of hydrogen-bond acceptors (Lipinski definition) is 6. The number of hydroxylamine groups is 2. The quantitative estimate of drug-likeness (QED) is 0.194. The van der Waals surface area contributed by atoms with Gasteiger partial charge in [-0.2, -0.15) is 5.06 Å². The second-order valence-electron chi connectivity index (χ2n) is 9.49. The number of amides is 1. The maximum Gasteiger partial charge on any atom is 0.433 e. The third kappa shape index (κ3) is 8.73. The summed E-state index contributed by atoms with van der Waals surface area (Å²) in [6.45, 7) is 7.39. The monoisotopic (exact) mass is 561 g/mol. The molecule has 1 unspecified atom stereocenters. The van der Waals surface area contributed by atoms with Gasteiger partial charge >= 0.3 is 6.09 Å². The van der Waals surface area contributed by atoms with Crippen LogP contribution in [-0.2, 0) is 4.74 Å². The maximum absolute atomic E-state index is 11.4. The molecule has 1 atom stereocenters. The molecule has 0 saturated carbocycles. The topological polar surface area (TPSA) is 65.5 Å². The van der Waals surface area contributed by atoms with Crippen LogP contribution in [0.15, 0.2) is 78.9 Å². The molecule has 40 heavy (non-hydrogen) atoms. The lowest BCUT2D eigenvalue weighted by molar-refractivity contribution is -0.0714. The molecule has 0 radical (unpaired) electrons. The van der Waals surface area contributed by atoms with E-state index in [1.807, 2.05) is 36.4 Å². The Balaban J connectivity index is 1.21. The molecule has 7 nitrogen and oxygen atoms in total. The van der Waals surface area contributed by atoms with Crippen LogP contribution in [0.4, 0.5) is 4.79 Å². The number of carbonyl (C=O) groups is 1. The van der Waals surface area contributed by atoms with Crippen molar-refractivity contribution in [3.05, 3.63) is 101 Å². The summed E-state index contributed by atoms with van der Waals surface area (Å²) in [6, 6.07) is 26.7. The van der Waals surface area contributed by atoms with Gasteiger partial charge in [-0.15, -0.1) is 0 Å². The average Bonchev–Trinajstić information content (AvgIpc) is 2.98. The van der Waals surface area contributed by atoms with E-state index in [1.165, 1.54) is 11.1 Å². The summed E-state index contributed by atoms with van der Waals surface area (Å²) >= 11 is 6.16. The molecule has 1 fully saturated rings. The molecule has 4 rings (SSSR count). The number of hydrogen-bond donors (Lipinski definition) is 1. The lowest BCUT2D eigenvalue weighted by atomic mass is 9.96. The number of piperazine rings is 1. The van der Waals surface area contributed by atoms with Crippen molar-refractivity contribution < 1.29 is 19.5 Å². The van der Waals surface area contributed by atoms with Crippen molar-refractivity contribution in [3.8, 4) is 17.6 Å². The Hall–Kier alpha value is -3.54. The molecule has 1 amide bonds. The second-order valence-corrected chi connectivity index (χ2v) is 9.93. The van der Waals surface area contributed by atoms with Crippen molar-refractivity contribution in [1.82, 2.24) is 14.9 Å². The van der Waals surface area contributed by atoms with Gasteiger partial charge in [-0.25, -0.2) is 4.79 Å². The molecule has 0 bridgehead atoms. The zero-order valence-electron chi connectivity index (χ0n) is 22.8. The summed E-state index contributed by atoms with van der Waals surface area (Å²) < 4.78 is 10.7. The van der Waals surface area contributed by atoms with Crippen LogP contribution in [0.25, 0.3) is 0 Å². The van der Waals surface area contributed by atoms with Crippen LogP contribution >= 0.6 is 11.6 Å². The molecule has 0 spiro atoms. The fourth-order valence-corrected chi connectivity index (χ4v) is 4.81. The van der Waals surface area contributed by atoms with E-state index in [4.69, 9.17) is 21.1 Å². The van der Waals surface area contributed by atoms with E-state index >= 15 is 0 Å². The van der Waals surface area contributed by atoms with Crippen molar-refractivity contribution in [2.75, 3.05) is 52.5 Å². The molecule has 3 aromatic rings. The van der Waals surface area contributed by atoms with Gasteiger partial charge in [0.1, 0.15) is 12.4 Å². The number of ether oxygens (including phenoxy) is 2. The Morgan fingerprint density at radius 2 is 1.65 bits per heavy atom. The van der Waals surface area contributed by atoms with Gasteiger partial charge in [0.15, 0.2) is 0 Å². The largest absolute Gasteiger partial charge is 0.492 e. The van der Waals surface area contributed by atoms with Gasteiger partial charge < -0.3 is 9.47 Å². The predicted octanol–water partition coefficient (Wildman–Crippen LogP) is 5.72. The Morgan fingerprint density at radius 1 is 0.975 bits per heavy atom. The Bertz CT molecular complexity index is 1250. The molecule has 1 saturated heterocycles. The molecular formula is C32H36ClN3O4. The summed E-state index contributed by atoms with van der Waals surface area (Å²) in [6.07, 6.45) is -0.422. The highest BCUT2D eigenvalue weighted by Gasteiger charge is 2.26. The Labute approximate surface area is 241 Å². The molecule has 1 aliphatic rings. The van der Waals surface area contributed by atoms with Crippen LogP contribution in [0, 0.1) is 11.8 Å². The van der Waals surface area contributed by atoms with Crippen LogP contribution in [-0.4, -0.2) is 78.6 Å². The van der Waals surface area contributed by atoms with Crippen LogP contribution < -0.4 is 4.74 Å². The van der Waals surface area contributed by atoms with Crippen molar-refractivity contribution in [3.63, 3.8) is 0 Å². The van der Waals surface area contributed by atoms with Gasteiger partial charge in [-0.05, 0) is 54.4 Å². The van der Waals surface area contributed by atoms with Gasteiger partial charge in [0, 0.05) is 49.7 Å². The van der Waals surface area contributed by atoms with Gasteiger partial charge in [0.25, 0.3) is 0 Å². The molecule has 8 heteroatoms. The van der Waals surface area contributed by atoms with Gasteiger partial charge in [0.05, 0.1) is 19.2 Å². The third-order valence-electron chi connectivity index (χ3n) is 6.76. The summed E-state index contributed by atoms with van der Waals surface area (Å²) in [5.74, 6) is 6.79. The summed E-state index contributed by atoms with van der Waals surface area (Å²) in [4.78, 5) is 16.4. The summed E-state index contributed by atoms with van der Waals surface area (Å²) in [5.41, 5.74) is 3.40. The third-order valence-corrected chi connectivity index (χ3v) is 7.02. The van der Waals surface area contributed by atoms with Crippen LogP contribution in [0.5, 0.6) is 5.75 Å². The summed E-state index contributed by atoms with van der Waals surface area (Å²) in [7, 11) is 0. The van der Waals surface area contributed by atoms with E-state index in [0.717, 1.165) is 49.1 Å². The minimum Gasteiger partial charge on any atom is -0.492 e. The maximum atomic E-state index is 11.4. The zero-order chi connectivity index (χ0) is 28.2. The van der Waals surface area contributed by atoms with Crippen LogP contribution in [0.3, 0.4) is 0 Å². The molecule has 1 aliphatic heterocycles. The van der Waals surface area contributed by atoms with Gasteiger partial charge in [-0.3, -0.25) is 15.0 Å². The van der Waals surface area contributed by atoms with Crippen LogP contribution in [0.2, 0.25) is 5.02 Å². The number of carbonyl (C=O) groups excluding carboxylic acids is 1. The first kappa shape index (κ1) is 29.4. The first-order valence-corrected chi connectivity index (χ1v) is 14.0. The average molecular weight is 562 g/mol. The highest BCUT2D eigenvalue weighted by Crippen LogP contribution is 2.30. The predicted molar refractivity (Wildman–Crippen MR) is 157 cm³/mol. The Kier molecular flexibility index (Phi) is 11.3. The molecule has 3 aromatic carbocycles. The second kappa shape index (κ2) is 15.3. The van der Waals surface area contributed by atoms with Crippen molar-refractivity contribution >= 4 is 17.7 Å². The van der Waals surface area contributed by atoms with E-state index in [9.17, 15) is 10.0 Å². The highest BCUT2D eigenvalue weighted by molar-refractivity contribution is 6.30. The molecule has 1 N–H and O–H groups in total. The first-order valence-electron chi connectivity index (χ1n) is 13.6. The van der Waals surface area contributed by atoms with Crippen molar-refractivity contribution in [2.45, 2.75) is 19.4 Å². The van der Waals surface area contributed by atoms with Crippen molar-refractivity contribution in [2.24, 2.45) is 0 Å². The minimum atomic E-state index is -0.762. The lowest BCUT2D eigenvalue weighted by Crippen LogP contribution is -2.48.